The second-order valence-electron chi connectivity index (χ2n) is 11.8. The zero-order valence-electron chi connectivity index (χ0n) is 22.0. The zero-order valence-corrected chi connectivity index (χ0v) is 23.2. The molecule has 4 aliphatic carbocycles. The van der Waals surface area contributed by atoms with Gasteiger partial charge in [-0.1, -0.05) is 93.9 Å². The lowest BCUT2D eigenvalue weighted by Gasteiger charge is -2.44. The van der Waals surface area contributed by atoms with E-state index in [0.717, 1.165) is 5.71 Å². The fourth-order valence-electron chi connectivity index (χ4n) is 7.61. The van der Waals surface area contributed by atoms with Crippen molar-refractivity contribution >= 4 is 20.2 Å². The summed E-state index contributed by atoms with van der Waals surface area (Å²) < 4.78 is 0. The van der Waals surface area contributed by atoms with Crippen molar-refractivity contribution < 1.29 is 10.4 Å². The topological polar surface area (TPSA) is 65.2 Å². The fourth-order valence-corrected chi connectivity index (χ4v) is 10.1. The van der Waals surface area contributed by atoms with Crippen LogP contribution in [0.4, 0.5) is 0 Å². The second kappa shape index (κ2) is 14.5. The van der Waals surface area contributed by atoms with E-state index >= 15 is 0 Å². The van der Waals surface area contributed by atoms with E-state index in [9.17, 15) is 10.4 Å². The van der Waals surface area contributed by atoms with Crippen molar-refractivity contribution in [1.82, 2.24) is 0 Å². The molecule has 0 saturated heterocycles. The molecule has 0 bridgehead atoms. The Bertz CT molecular complexity index is 633. The third kappa shape index (κ3) is 6.98. The number of oxime groups is 2. The molecule has 4 rings (SSSR count). The van der Waals surface area contributed by atoms with Gasteiger partial charge in [-0.25, -0.2) is 0 Å². The molecule has 4 fully saturated rings. The molecule has 34 heavy (non-hydrogen) atoms. The summed E-state index contributed by atoms with van der Waals surface area (Å²) in [7, 11) is -1.07. The first kappa shape index (κ1) is 27.5. The molecule has 0 aromatic carbocycles. The molecule has 0 heterocycles. The Hall–Kier alpha value is -1.10. The Morgan fingerprint density at radius 2 is 1.09 bits per heavy atom. The maximum Gasteiger partial charge on any atom is 0.0704 e. The van der Waals surface area contributed by atoms with E-state index in [1.807, 2.05) is 0 Å². The van der Waals surface area contributed by atoms with E-state index in [4.69, 9.17) is 0 Å². The van der Waals surface area contributed by atoms with Crippen molar-refractivity contribution in [3.05, 3.63) is 12.3 Å². The van der Waals surface area contributed by atoms with Gasteiger partial charge in [0.25, 0.3) is 0 Å². The molecular weight excluding hydrogens is 436 g/mol. The minimum absolute atomic E-state index is 0.233. The zero-order chi connectivity index (χ0) is 24.2. The van der Waals surface area contributed by atoms with E-state index in [-0.39, 0.29) is 5.04 Å². The van der Waals surface area contributed by atoms with Gasteiger partial charge in [-0.05, 0) is 51.4 Å². The van der Waals surface area contributed by atoms with Crippen molar-refractivity contribution in [3.63, 3.8) is 0 Å². The first-order chi connectivity index (χ1) is 16.7. The van der Waals surface area contributed by atoms with Crippen LogP contribution in [0.25, 0.3) is 0 Å². The third-order valence-corrected chi connectivity index (χ3v) is 13.1. The van der Waals surface area contributed by atoms with Crippen LogP contribution in [0.2, 0.25) is 11.6 Å². The van der Waals surface area contributed by atoms with Gasteiger partial charge in [0, 0.05) is 22.8 Å². The molecule has 5 heteroatoms. The first-order valence-electron chi connectivity index (χ1n) is 14.7. The monoisotopic (exact) mass is 488 g/mol. The number of hydrogen-bond acceptors (Lipinski definition) is 4. The van der Waals surface area contributed by atoms with Gasteiger partial charge in [-0.2, -0.15) is 0 Å². The summed E-state index contributed by atoms with van der Waals surface area (Å²) in [6, 6.07) is 0. The summed E-state index contributed by atoms with van der Waals surface area (Å²) in [5, 5.41) is 26.7. The van der Waals surface area contributed by atoms with Gasteiger partial charge in [-0.15, -0.1) is 12.3 Å². The summed E-state index contributed by atoms with van der Waals surface area (Å²) in [4.78, 5) is 0. The van der Waals surface area contributed by atoms with Gasteiger partial charge < -0.3 is 10.4 Å². The largest absolute Gasteiger partial charge is 0.411 e. The van der Waals surface area contributed by atoms with Crippen molar-refractivity contribution in [2.45, 2.75) is 140 Å². The van der Waals surface area contributed by atoms with E-state index in [2.05, 4.69) is 29.1 Å². The second-order valence-corrected chi connectivity index (χ2v) is 14.9. The lowest BCUT2D eigenvalue weighted by atomic mass is 9.75. The van der Waals surface area contributed by atoms with Gasteiger partial charge in [0.1, 0.15) is 0 Å². The standard InChI is InChI=1S/C16H29NOSi.C13H23NO/c1-3-19(2)16(12-8-5-9-13-16)15(17-18)14-10-6-4-7-11-14;15-14-13(11-7-3-1-4-8-11)12-9-5-2-6-10-12/h3,14,18-19H,1,4-13H2,2H3;11-12,15H,1-10H2. The average molecular weight is 489 g/mol. The molecule has 0 aromatic heterocycles. The van der Waals surface area contributed by atoms with Crippen molar-refractivity contribution in [2.75, 3.05) is 0 Å². The van der Waals surface area contributed by atoms with E-state index < -0.39 is 8.80 Å². The van der Waals surface area contributed by atoms with Gasteiger partial charge in [0.05, 0.1) is 20.2 Å². The number of hydrogen-bond donors (Lipinski definition) is 2. The molecule has 0 aromatic rings. The van der Waals surface area contributed by atoms with Crippen molar-refractivity contribution in [3.8, 4) is 0 Å². The lowest BCUT2D eigenvalue weighted by Crippen LogP contribution is -2.42. The molecular formula is C29H52N2O2Si. The fraction of sp³-hybridized carbons (Fsp3) is 0.862. The maximum atomic E-state index is 9.72. The highest BCUT2D eigenvalue weighted by Crippen LogP contribution is 2.50. The summed E-state index contributed by atoms with van der Waals surface area (Å²) >= 11 is 0. The smallest absolute Gasteiger partial charge is 0.0704 e. The highest BCUT2D eigenvalue weighted by atomic mass is 28.3. The molecule has 1 atom stereocenters. The van der Waals surface area contributed by atoms with Crippen LogP contribution in [-0.4, -0.2) is 30.6 Å². The van der Waals surface area contributed by atoms with Crippen LogP contribution in [0.15, 0.2) is 22.6 Å². The van der Waals surface area contributed by atoms with Crippen LogP contribution in [0.3, 0.4) is 0 Å². The van der Waals surface area contributed by atoms with Crippen LogP contribution < -0.4 is 0 Å². The Balaban J connectivity index is 0.000000196. The molecule has 0 radical (unpaired) electrons. The molecule has 4 aliphatic rings. The SMILES string of the molecule is C=C[SiH](C)C1(C(=NO)C2CCCCC2)CCCCC1.ON=C(C1CCCCC1)C1CCCCC1. The Morgan fingerprint density at radius 3 is 1.47 bits per heavy atom. The van der Waals surface area contributed by atoms with Gasteiger partial charge in [-0.3, -0.25) is 0 Å². The molecule has 194 valence electrons. The van der Waals surface area contributed by atoms with E-state index in [1.165, 1.54) is 134 Å². The average Bonchev–Trinajstić information content (AvgIpc) is 2.92. The van der Waals surface area contributed by atoms with Gasteiger partial charge in [0.2, 0.25) is 0 Å². The molecule has 4 nitrogen and oxygen atoms in total. The summed E-state index contributed by atoms with van der Waals surface area (Å²) in [5.41, 5.74) is 4.53. The van der Waals surface area contributed by atoms with E-state index in [0.29, 0.717) is 17.8 Å². The minimum atomic E-state index is -1.07. The molecule has 0 spiro atoms. The maximum absolute atomic E-state index is 9.72. The Kier molecular flexibility index (Phi) is 11.7. The summed E-state index contributed by atoms with van der Waals surface area (Å²) in [6.45, 7) is 6.46. The third-order valence-electron chi connectivity index (χ3n) is 9.74. The van der Waals surface area contributed by atoms with Crippen molar-refractivity contribution in [1.29, 1.82) is 0 Å². The quantitative estimate of drug-likeness (QED) is 0.170. The molecule has 0 amide bonds. The van der Waals surface area contributed by atoms with Crippen LogP contribution in [0.1, 0.15) is 128 Å². The van der Waals surface area contributed by atoms with Crippen LogP contribution in [0, 0.1) is 17.8 Å². The Morgan fingerprint density at radius 1 is 0.676 bits per heavy atom. The van der Waals surface area contributed by atoms with Crippen molar-refractivity contribution in [2.24, 2.45) is 28.1 Å². The predicted octanol–water partition coefficient (Wildman–Crippen LogP) is 8.66. The van der Waals surface area contributed by atoms with Crippen LogP contribution >= 0.6 is 0 Å². The van der Waals surface area contributed by atoms with Gasteiger partial charge >= 0.3 is 0 Å². The molecule has 0 aliphatic heterocycles. The Labute approximate surface area is 211 Å². The molecule has 2 N–H and O–H groups in total. The minimum Gasteiger partial charge on any atom is -0.411 e. The highest BCUT2D eigenvalue weighted by molar-refractivity contribution is 6.70. The van der Waals surface area contributed by atoms with Crippen LogP contribution in [0.5, 0.6) is 0 Å². The number of rotatable bonds is 6. The lowest BCUT2D eigenvalue weighted by molar-refractivity contribution is 0.295. The first-order valence-corrected chi connectivity index (χ1v) is 17.1. The van der Waals surface area contributed by atoms with Crippen LogP contribution in [-0.2, 0) is 0 Å². The summed E-state index contributed by atoms with van der Waals surface area (Å²) in [6.07, 6.45) is 26.0. The molecule has 4 saturated carbocycles. The molecule has 1 unspecified atom stereocenters. The highest BCUT2D eigenvalue weighted by Gasteiger charge is 2.44. The predicted molar refractivity (Wildman–Crippen MR) is 147 cm³/mol. The number of nitrogens with zero attached hydrogens (tertiary/aromatic N) is 2. The summed E-state index contributed by atoms with van der Waals surface area (Å²) in [5.74, 6) is 1.76. The normalized spacial score (nSPS) is 26.1. The van der Waals surface area contributed by atoms with E-state index in [1.54, 1.807) is 0 Å². The van der Waals surface area contributed by atoms with Gasteiger partial charge in [0.15, 0.2) is 0 Å².